The molecule has 0 saturated carbocycles. The first-order valence-electron chi connectivity index (χ1n) is 6.24. The molecule has 7 heteroatoms. The van der Waals surface area contributed by atoms with Crippen molar-refractivity contribution in [2.75, 3.05) is 6.26 Å². The number of carboxylic acids is 1. The van der Waals surface area contributed by atoms with Gasteiger partial charge in [0.15, 0.2) is 9.84 Å². The van der Waals surface area contributed by atoms with Crippen LogP contribution < -0.4 is 0 Å². The summed E-state index contributed by atoms with van der Waals surface area (Å²) >= 11 is 0. The normalized spacial score (nSPS) is 11.8. The largest absolute Gasteiger partial charge is 0.475 e. The standard InChI is InChI=1S/C14H15NO5S/c1-8(2)11-12(14(16)17)20-13(15-11)9-5-4-6-10(7-9)21(3,18)19/h4-8H,1-3H3,(H,16,17). The molecule has 0 atom stereocenters. The van der Waals surface area contributed by atoms with Crippen molar-refractivity contribution < 1.29 is 22.7 Å². The summed E-state index contributed by atoms with van der Waals surface area (Å²) in [5.41, 5.74) is 0.759. The predicted molar refractivity (Wildman–Crippen MR) is 76.1 cm³/mol. The third-order valence-corrected chi connectivity index (χ3v) is 4.01. The van der Waals surface area contributed by atoms with Gasteiger partial charge in [0.2, 0.25) is 11.7 Å². The van der Waals surface area contributed by atoms with Gasteiger partial charge in [-0.3, -0.25) is 0 Å². The van der Waals surface area contributed by atoms with E-state index >= 15 is 0 Å². The van der Waals surface area contributed by atoms with Crippen LogP contribution >= 0.6 is 0 Å². The van der Waals surface area contributed by atoms with E-state index in [1.54, 1.807) is 26.0 Å². The summed E-state index contributed by atoms with van der Waals surface area (Å²) in [7, 11) is -3.36. The number of hydrogen-bond donors (Lipinski definition) is 1. The zero-order chi connectivity index (χ0) is 15.8. The maximum absolute atomic E-state index is 11.6. The smallest absolute Gasteiger partial charge is 0.373 e. The number of benzene rings is 1. The maximum atomic E-state index is 11.6. The summed E-state index contributed by atoms with van der Waals surface area (Å²) in [5, 5.41) is 9.13. The molecule has 1 aromatic carbocycles. The molecule has 0 saturated heterocycles. The van der Waals surface area contributed by atoms with Crippen LogP contribution in [0.25, 0.3) is 11.5 Å². The Labute approximate surface area is 122 Å². The molecule has 0 fully saturated rings. The molecule has 0 unspecified atom stereocenters. The van der Waals surface area contributed by atoms with Gasteiger partial charge in [-0.2, -0.15) is 0 Å². The van der Waals surface area contributed by atoms with E-state index in [4.69, 9.17) is 9.52 Å². The Morgan fingerprint density at radius 1 is 1.33 bits per heavy atom. The van der Waals surface area contributed by atoms with E-state index in [1.165, 1.54) is 12.1 Å². The number of carboxylic acid groups (broad SMARTS) is 1. The van der Waals surface area contributed by atoms with Gasteiger partial charge in [0.25, 0.3) is 0 Å². The second-order valence-corrected chi connectivity index (χ2v) is 7.01. The number of carbonyl (C=O) groups is 1. The van der Waals surface area contributed by atoms with Crippen LogP contribution in [0.2, 0.25) is 0 Å². The average molecular weight is 309 g/mol. The number of nitrogens with zero attached hydrogens (tertiary/aromatic N) is 1. The Hall–Kier alpha value is -2.15. The third kappa shape index (κ3) is 3.13. The molecule has 0 bridgehead atoms. The molecule has 0 aliphatic carbocycles. The van der Waals surface area contributed by atoms with Crippen LogP contribution in [0.3, 0.4) is 0 Å². The van der Waals surface area contributed by atoms with E-state index in [2.05, 4.69) is 4.98 Å². The zero-order valence-electron chi connectivity index (χ0n) is 11.8. The highest BCUT2D eigenvalue weighted by molar-refractivity contribution is 7.90. The fraction of sp³-hybridized carbons (Fsp3) is 0.286. The minimum absolute atomic E-state index is 0.0987. The highest BCUT2D eigenvalue weighted by Crippen LogP contribution is 2.27. The van der Waals surface area contributed by atoms with Crippen LogP contribution in [0, 0.1) is 0 Å². The van der Waals surface area contributed by atoms with E-state index in [0.29, 0.717) is 11.3 Å². The van der Waals surface area contributed by atoms with Gasteiger partial charge < -0.3 is 9.52 Å². The fourth-order valence-corrected chi connectivity index (χ4v) is 2.53. The molecule has 0 spiro atoms. The van der Waals surface area contributed by atoms with Crippen molar-refractivity contribution in [1.29, 1.82) is 0 Å². The van der Waals surface area contributed by atoms with Gasteiger partial charge in [0.1, 0.15) is 0 Å². The maximum Gasteiger partial charge on any atom is 0.373 e. The first-order chi connectivity index (χ1) is 9.70. The molecule has 21 heavy (non-hydrogen) atoms. The lowest BCUT2D eigenvalue weighted by atomic mass is 10.1. The molecule has 2 aromatic rings. The van der Waals surface area contributed by atoms with Gasteiger partial charge in [0, 0.05) is 11.8 Å². The molecule has 6 nitrogen and oxygen atoms in total. The molecule has 1 N–H and O–H groups in total. The van der Waals surface area contributed by atoms with Crippen molar-refractivity contribution in [3.05, 3.63) is 35.7 Å². The number of aromatic nitrogens is 1. The summed E-state index contributed by atoms with van der Waals surface area (Å²) < 4.78 is 28.4. The second-order valence-electron chi connectivity index (χ2n) is 4.99. The van der Waals surface area contributed by atoms with Gasteiger partial charge in [-0.15, -0.1) is 0 Å². The average Bonchev–Trinajstić information content (AvgIpc) is 2.83. The molecule has 2 rings (SSSR count). The molecular weight excluding hydrogens is 294 g/mol. The van der Waals surface area contributed by atoms with Crippen LogP contribution in [0.1, 0.15) is 36.0 Å². The molecule has 0 aliphatic heterocycles. The summed E-state index contributed by atoms with van der Waals surface area (Å²) in [6.07, 6.45) is 1.10. The van der Waals surface area contributed by atoms with Crippen molar-refractivity contribution in [2.45, 2.75) is 24.7 Å². The molecule has 1 aromatic heterocycles. The van der Waals surface area contributed by atoms with Gasteiger partial charge in [-0.25, -0.2) is 18.2 Å². The molecule has 1 heterocycles. The molecule has 0 radical (unpaired) electrons. The van der Waals surface area contributed by atoms with E-state index in [0.717, 1.165) is 6.26 Å². The Morgan fingerprint density at radius 3 is 2.48 bits per heavy atom. The highest BCUT2D eigenvalue weighted by atomic mass is 32.2. The van der Waals surface area contributed by atoms with E-state index < -0.39 is 15.8 Å². The first kappa shape index (κ1) is 15.2. The zero-order valence-corrected chi connectivity index (χ0v) is 12.6. The van der Waals surface area contributed by atoms with E-state index in [9.17, 15) is 13.2 Å². The van der Waals surface area contributed by atoms with Crippen molar-refractivity contribution in [1.82, 2.24) is 4.98 Å². The minimum atomic E-state index is -3.36. The Kier molecular flexibility index (Phi) is 3.87. The van der Waals surface area contributed by atoms with Crippen LogP contribution in [0.5, 0.6) is 0 Å². The van der Waals surface area contributed by atoms with Crippen LogP contribution in [0.4, 0.5) is 0 Å². The predicted octanol–water partition coefficient (Wildman–Crippen LogP) is 2.57. The van der Waals surface area contributed by atoms with Gasteiger partial charge in [0.05, 0.1) is 10.6 Å². The topological polar surface area (TPSA) is 97.5 Å². The van der Waals surface area contributed by atoms with Gasteiger partial charge >= 0.3 is 5.97 Å². The van der Waals surface area contributed by atoms with Crippen LogP contribution in [-0.2, 0) is 9.84 Å². The number of oxazole rings is 1. The Morgan fingerprint density at radius 2 is 2.00 bits per heavy atom. The van der Waals surface area contributed by atoms with Crippen molar-refractivity contribution in [3.8, 4) is 11.5 Å². The third-order valence-electron chi connectivity index (χ3n) is 2.90. The summed E-state index contributed by atoms with van der Waals surface area (Å²) in [4.78, 5) is 15.5. The Bertz CT molecular complexity index is 789. The SMILES string of the molecule is CC(C)c1nc(-c2cccc(S(C)(=O)=O)c2)oc1C(=O)O. The summed E-state index contributed by atoms with van der Waals surface area (Å²) in [6, 6.07) is 6.06. The van der Waals surface area contributed by atoms with Crippen molar-refractivity contribution in [2.24, 2.45) is 0 Å². The number of hydrogen-bond acceptors (Lipinski definition) is 5. The molecule has 112 valence electrons. The van der Waals surface area contributed by atoms with E-state index in [-0.39, 0.29) is 22.5 Å². The number of rotatable bonds is 4. The number of aromatic carboxylic acids is 1. The second kappa shape index (κ2) is 5.33. The van der Waals surface area contributed by atoms with Crippen LogP contribution in [-0.4, -0.2) is 30.7 Å². The Balaban J connectivity index is 2.58. The lowest BCUT2D eigenvalue weighted by Gasteiger charge is -2.00. The minimum Gasteiger partial charge on any atom is -0.475 e. The van der Waals surface area contributed by atoms with Gasteiger partial charge in [-0.05, 0) is 24.1 Å². The quantitative estimate of drug-likeness (QED) is 0.932. The summed E-state index contributed by atoms with van der Waals surface area (Å²) in [5.74, 6) is -1.44. The van der Waals surface area contributed by atoms with Crippen LogP contribution in [0.15, 0.2) is 33.6 Å². The fourth-order valence-electron chi connectivity index (χ4n) is 1.86. The molecule has 0 amide bonds. The first-order valence-corrected chi connectivity index (χ1v) is 8.14. The number of sulfone groups is 1. The van der Waals surface area contributed by atoms with Gasteiger partial charge in [-0.1, -0.05) is 19.9 Å². The monoisotopic (exact) mass is 309 g/mol. The highest BCUT2D eigenvalue weighted by Gasteiger charge is 2.22. The van der Waals surface area contributed by atoms with Crippen molar-refractivity contribution >= 4 is 15.8 Å². The lowest BCUT2D eigenvalue weighted by Crippen LogP contribution is -2.01. The van der Waals surface area contributed by atoms with E-state index in [1.807, 2.05) is 0 Å². The lowest BCUT2D eigenvalue weighted by molar-refractivity contribution is 0.0661. The molecular formula is C14H15NO5S. The summed E-state index contributed by atoms with van der Waals surface area (Å²) in [6.45, 7) is 3.61. The van der Waals surface area contributed by atoms with Crippen molar-refractivity contribution in [3.63, 3.8) is 0 Å². The molecule has 0 aliphatic rings.